The molecule has 0 aromatic carbocycles. The maximum Gasteiger partial charge on any atom is 0.0855 e. The zero-order valence-electron chi connectivity index (χ0n) is 10.6. The average Bonchev–Trinajstić information content (AvgIpc) is 2.48. The molecule has 0 bridgehead atoms. The van der Waals surface area contributed by atoms with Crippen molar-refractivity contribution in [3.8, 4) is 0 Å². The second-order valence-corrected chi connectivity index (χ2v) is 4.92. The predicted molar refractivity (Wildman–Crippen MR) is 63.1 cm³/mol. The van der Waals surface area contributed by atoms with Gasteiger partial charge in [0.15, 0.2) is 0 Å². The van der Waals surface area contributed by atoms with E-state index < -0.39 is 5.60 Å². The SMILES string of the molecule is CC(C)NCCC(C)(O)Cc1cn(C)nn1. The molecule has 0 radical (unpaired) electrons. The molecule has 0 spiro atoms. The normalized spacial score (nSPS) is 15.4. The lowest BCUT2D eigenvalue weighted by molar-refractivity contribution is 0.0501. The zero-order chi connectivity index (χ0) is 12.2. The number of aromatic nitrogens is 3. The van der Waals surface area contributed by atoms with Crippen LogP contribution in [0.4, 0.5) is 0 Å². The molecule has 16 heavy (non-hydrogen) atoms. The molecule has 1 rings (SSSR count). The van der Waals surface area contributed by atoms with Crippen molar-refractivity contribution in [1.82, 2.24) is 20.3 Å². The van der Waals surface area contributed by atoms with Crippen LogP contribution >= 0.6 is 0 Å². The van der Waals surface area contributed by atoms with E-state index in [1.54, 1.807) is 4.68 Å². The Morgan fingerprint density at radius 3 is 2.75 bits per heavy atom. The van der Waals surface area contributed by atoms with E-state index >= 15 is 0 Å². The maximum absolute atomic E-state index is 10.2. The lowest BCUT2D eigenvalue weighted by Gasteiger charge is -2.22. The lowest BCUT2D eigenvalue weighted by atomic mass is 9.96. The minimum absolute atomic E-state index is 0.451. The smallest absolute Gasteiger partial charge is 0.0855 e. The third-order valence-electron chi connectivity index (χ3n) is 2.43. The van der Waals surface area contributed by atoms with Gasteiger partial charge in [0.05, 0.1) is 11.3 Å². The molecule has 5 heteroatoms. The largest absolute Gasteiger partial charge is 0.390 e. The molecule has 1 unspecified atom stereocenters. The number of aryl methyl sites for hydroxylation is 1. The van der Waals surface area contributed by atoms with Gasteiger partial charge in [-0.2, -0.15) is 0 Å². The Morgan fingerprint density at radius 1 is 1.56 bits per heavy atom. The Labute approximate surface area is 96.9 Å². The maximum atomic E-state index is 10.2. The molecule has 1 heterocycles. The van der Waals surface area contributed by atoms with E-state index in [0.29, 0.717) is 18.9 Å². The van der Waals surface area contributed by atoms with Crippen molar-refractivity contribution in [2.75, 3.05) is 6.54 Å². The van der Waals surface area contributed by atoms with Crippen molar-refractivity contribution in [3.63, 3.8) is 0 Å². The van der Waals surface area contributed by atoms with E-state index in [2.05, 4.69) is 29.5 Å². The molecule has 0 amide bonds. The summed E-state index contributed by atoms with van der Waals surface area (Å²) < 4.78 is 1.65. The van der Waals surface area contributed by atoms with Crippen LogP contribution in [0, 0.1) is 0 Å². The highest BCUT2D eigenvalue weighted by atomic mass is 16.3. The van der Waals surface area contributed by atoms with Crippen molar-refractivity contribution in [2.45, 2.75) is 45.3 Å². The highest BCUT2D eigenvalue weighted by Crippen LogP contribution is 2.14. The van der Waals surface area contributed by atoms with Gasteiger partial charge in [-0.15, -0.1) is 5.10 Å². The van der Waals surface area contributed by atoms with E-state index in [4.69, 9.17) is 0 Å². The molecule has 0 saturated carbocycles. The third kappa shape index (κ3) is 4.72. The predicted octanol–water partition coefficient (Wildman–Crippen LogP) is 0.497. The Balaban J connectivity index is 2.39. The first-order chi connectivity index (χ1) is 7.39. The Kier molecular flexibility index (Phi) is 4.44. The van der Waals surface area contributed by atoms with Gasteiger partial charge in [-0.25, -0.2) is 0 Å². The van der Waals surface area contributed by atoms with Crippen LogP contribution < -0.4 is 5.32 Å². The first kappa shape index (κ1) is 13.1. The fraction of sp³-hybridized carbons (Fsp3) is 0.818. The first-order valence-electron chi connectivity index (χ1n) is 5.70. The van der Waals surface area contributed by atoms with Gasteiger partial charge >= 0.3 is 0 Å². The number of hydrogen-bond acceptors (Lipinski definition) is 4. The summed E-state index contributed by atoms with van der Waals surface area (Å²) in [6.45, 7) is 6.84. The highest BCUT2D eigenvalue weighted by Gasteiger charge is 2.22. The van der Waals surface area contributed by atoms with Crippen molar-refractivity contribution < 1.29 is 5.11 Å². The van der Waals surface area contributed by atoms with E-state index in [1.165, 1.54) is 0 Å². The van der Waals surface area contributed by atoms with Gasteiger partial charge in [0, 0.05) is 25.7 Å². The van der Waals surface area contributed by atoms with E-state index in [1.807, 2.05) is 20.2 Å². The van der Waals surface area contributed by atoms with Gasteiger partial charge in [0.1, 0.15) is 0 Å². The molecule has 0 aliphatic heterocycles. The van der Waals surface area contributed by atoms with Gasteiger partial charge < -0.3 is 10.4 Å². The van der Waals surface area contributed by atoms with Crippen LogP contribution in [0.1, 0.15) is 32.9 Å². The van der Waals surface area contributed by atoms with Crippen molar-refractivity contribution in [1.29, 1.82) is 0 Å². The van der Waals surface area contributed by atoms with Gasteiger partial charge in [0.25, 0.3) is 0 Å². The summed E-state index contributed by atoms with van der Waals surface area (Å²) in [5, 5.41) is 21.3. The monoisotopic (exact) mass is 226 g/mol. The van der Waals surface area contributed by atoms with Crippen molar-refractivity contribution in [2.24, 2.45) is 7.05 Å². The zero-order valence-corrected chi connectivity index (χ0v) is 10.6. The third-order valence-corrected chi connectivity index (χ3v) is 2.43. The molecule has 2 N–H and O–H groups in total. The van der Waals surface area contributed by atoms with Crippen LogP contribution in [0.15, 0.2) is 6.20 Å². The van der Waals surface area contributed by atoms with E-state index in [-0.39, 0.29) is 0 Å². The van der Waals surface area contributed by atoms with Gasteiger partial charge in [-0.05, 0) is 19.9 Å². The summed E-state index contributed by atoms with van der Waals surface area (Å²) in [6.07, 6.45) is 3.09. The standard InChI is InChI=1S/C11H22N4O/c1-9(2)12-6-5-11(3,16)7-10-8-15(4)14-13-10/h8-9,12,16H,5-7H2,1-4H3. The van der Waals surface area contributed by atoms with E-state index in [9.17, 15) is 5.11 Å². The van der Waals surface area contributed by atoms with Crippen LogP contribution in [-0.2, 0) is 13.5 Å². The Morgan fingerprint density at radius 2 is 2.25 bits per heavy atom. The molecule has 1 aromatic rings. The second-order valence-electron chi connectivity index (χ2n) is 4.92. The molecular formula is C11H22N4O. The highest BCUT2D eigenvalue weighted by molar-refractivity contribution is 4.98. The topological polar surface area (TPSA) is 63.0 Å². The Bertz CT molecular complexity index is 320. The second kappa shape index (κ2) is 5.41. The van der Waals surface area contributed by atoms with E-state index in [0.717, 1.165) is 12.2 Å². The van der Waals surface area contributed by atoms with Crippen molar-refractivity contribution >= 4 is 0 Å². The molecule has 1 aromatic heterocycles. The summed E-state index contributed by atoms with van der Waals surface area (Å²) >= 11 is 0. The van der Waals surface area contributed by atoms with Crippen LogP contribution in [-0.4, -0.2) is 38.3 Å². The molecule has 0 aliphatic carbocycles. The van der Waals surface area contributed by atoms with Crippen LogP contribution in [0.25, 0.3) is 0 Å². The van der Waals surface area contributed by atoms with Crippen LogP contribution in [0.3, 0.4) is 0 Å². The van der Waals surface area contributed by atoms with Gasteiger partial charge in [0.2, 0.25) is 0 Å². The number of aliphatic hydroxyl groups is 1. The molecular weight excluding hydrogens is 204 g/mol. The number of rotatable bonds is 6. The van der Waals surface area contributed by atoms with Gasteiger partial charge in [-0.3, -0.25) is 4.68 Å². The minimum atomic E-state index is -0.724. The summed E-state index contributed by atoms with van der Waals surface area (Å²) in [5.41, 5.74) is 0.106. The van der Waals surface area contributed by atoms with Crippen LogP contribution in [0.2, 0.25) is 0 Å². The number of nitrogens with zero attached hydrogens (tertiary/aromatic N) is 3. The molecule has 0 fully saturated rings. The first-order valence-corrected chi connectivity index (χ1v) is 5.70. The molecule has 0 aliphatic rings. The fourth-order valence-electron chi connectivity index (χ4n) is 1.59. The molecule has 0 saturated heterocycles. The molecule has 1 atom stereocenters. The molecule has 5 nitrogen and oxygen atoms in total. The van der Waals surface area contributed by atoms with Gasteiger partial charge in [-0.1, -0.05) is 19.1 Å². The summed E-state index contributed by atoms with van der Waals surface area (Å²) in [4.78, 5) is 0. The summed E-state index contributed by atoms with van der Waals surface area (Å²) in [5.74, 6) is 0. The van der Waals surface area contributed by atoms with Crippen molar-refractivity contribution in [3.05, 3.63) is 11.9 Å². The quantitative estimate of drug-likeness (QED) is 0.741. The minimum Gasteiger partial charge on any atom is -0.390 e. The Hall–Kier alpha value is -0.940. The lowest BCUT2D eigenvalue weighted by Crippen LogP contribution is -2.34. The molecule has 92 valence electrons. The summed E-state index contributed by atoms with van der Waals surface area (Å²) in [7, 11) is 1.82. The van der Waals surface area contributed by atoms with Crippen LogP contribution in [0.5, 0.6) is 0 Å². The summed E-state index contributed by atoms with van der Waals surface area (Å²) in [6, 6.07) is 0.451. The number of nitrogens with one attached hydrogen (secondary N) is 1. The average molecular weight is 226 g/mol. The fourth-order valence-corrected chi connectivity index (χ4v) is 1.59. The number of hydrogen-bond donors (Lipinski definition) is 2.